The third-order valence-corrected chi connectivity index (χ3v) is 2.53. The summed E-state index contributed by atoms with van der Waals surface area (Å²) in [6.07, 6.45) is 5.45. The van der Waals surface area contributed by atoms with Crippen LogP contribution in [0, 0.1) is 22.5 Å². The molecule has 1 atom stereocenters. The van der Waals surface area contributed by atoms with Gasteiger partial charge in [0.05, 0.1) is 9.95 Å². The average Bonchev–Trinajstić information content (AvgIpc) is 2.28. The van der Waals surface area contributed by atoms with Crippen LogP contribution >= 0.6 is 11.6 Å². The summed E-state index contributed by atoms with van der Waals surface area (Å²) < 4.78 is 0. The van der Waals surface area contributed by atoms with Gasteiger partial charge in [-0.2, -0.15) is 0 Å². The molecule has 94 valence electrons. The Bertz CT molecular complexity index is 523. The topological polar surface area (TPSA) is 72.2 Å². The van der Waals surface area contributed by atoms with Gasteiger partial charge in [0, 0.05) is 18.5 Å². The molecule has 5 nitrogen and oxygen atoms in total. The summed E-state index contributed by atoms with van der Waals surface area (Å²) in [5, 5.41) is 13.4. The molecule has 0 saturated heterocycles. The van der Waals surface area contributed by atoms with E-state index in [-0.39, 0.29) is 22.3 Å². The second-order valence-electron chi connectivity index (χ2n) is 3.67. The van der Waals surface area contributed by atoms with E-state index in [0.29, 0.717) is 6.42 Å². The molecule has 0 radical (unpaired) electrons. The van der Waals surface area contributed by atoms with Crippen LogP contribution in [0.4, 0.5) is 5.69 Å². The molecule has 1 unspecified atom stereocenters. The van der Waals surface area contributed by atoms with Crippen molar-refractivity contribution in [2.75, 3.05) is 0 Å². The number of nitrogens with zero attached hydrogens (tertiary/aromatic N) is 1. The van der Waals surface area contributed by atoms with E-state index >= 15 is 0 Å². The molecule has 0 aromatic heterocycles. The fraction of sp³-hybridized carbons (Fsp3) is 0.250. The molecule has 1 aromatic rings. The number of benzene rings is 1. The van der Waals surface area contributed by atoms with Crippen molar-refractivity contribution in [3.05, 3.63) is 38.9 Å². The van der Waals surface area contributed by atoms with Crippen molar-refractivity contribution in [1.82, 2.24) is 5.32 Å². The van der Waals surface area contributed by atoms with Crippen LogP contribution in [-0.2, 0) is 0 Å². The van der Waals surface area contributed by atoms with Crippen LogP contribution in [0.15, 0.2) is 18.2 Å². The minimum absolute atomic E-state index is 0.0367. The third-order valence-electron chi connectivity index (χ3n) is 2.22. The molecule has 0 aliphatic rings. The predicted octanol–water partition coefficient (Wildman–Crippen LogP) is 2.39. The SMILES string of the molecule is C#CCC(C)NC(=O)c1c(Cl)cccc1[N+](=O)[O-]. The lowest BCUT2D eigenvalue weighted by Gasteiger charge is -2.11. The van der Waals surface area contributed by atoms with Gasteiger partial charge in [-0.3, -0.25) is 14.9 Å². The molecule has 18 heavy (non-hydrogen) atoms. The second-order valence-corrected chi connectivity index (χ2v) is 4.08. The maximum Gasteiger partial charge on any atom is 0.283 e. The van der Waals surface area contributed by atoms with E-state index in [4.69, 9.17) is 18.0 Å². The van der Waals surface area contributed by atoms with Crippen molar-refractivity contribution in [1.29, 1.82) is 0 Å². The first-order valence-corrected chi connectivity index (χ1v) is 5.52. The Morgan fingerprint density at radius 3 is 2.89 bits per heavy atom. The number of halogens is 1. The molecule has 0 aliphatic carbocycles. The number of nitro groups is 1. The largest absolute Gasteiger partial charge is 0.348 e. The Kier molecular flexibility index (Phi) is 4.69. The minimum Gasteiger partial charge on any atom is -0.348 e. The first kappa shape index (κ1) is 14.0. The number of hydrogen-bond donors (Lipinski definition) is 1. The standard InChI is InChI=1S/C12H11ClN2O3/c1-3-5-8(2)14-12(16)11-9(13)6-4-7-10(11)15(17)18/h1,4,6-8H,5H2,2H3,(H,14,16). The van der Waals surface area contributed by atoms with Gasteiger partial charge >= 0.3 is 0 Å². The second kappa shape index (κ2) is 6.03. The summed E-state index contributed by atoms with van der Waals surface area (Å²) in [5.74, 6) is 1.79. The molecule has 0 fully saturated rings. The number of terminal acetylenes is 1. The number of carbonyl (C=O) groups is 1. The van der Waals surface area contributed by atoms with Crippen LogP contribution in [0.1, 0.15) is 23.7 Å². The molecular formula is C12H11ClN2O3. The third kappa shape index (κ3) is 3.22. The van der Waals surface area contributed by atoms with Gasteiger partial charge in [-0.15, -0.1) is 12.3 Å². The highest BCUT2D eigenvalue weighted by Crippen LogP contribution is 2.26. The molecule has 0 aliphatic heterocycles. The van der Waals surface area contributed by atoms with Crippen LogP contribution < -0.4 is 5.32 Å². The predicted molar refractivity (Wildman–Crippen MR) is 68.5 cm³/mol. The van der Waals surface area contributed by atoms with Crippen LogP contribution in [-0.4, -0.2) is 16.9 Å². The van der Waals surface area contributed by atoms with Crippen molar-refractivity contribution < 1.29 is 9.72 Å². The first-order chi connectivity index (χ1) is 8.47. The van der Waals surface area contributed by atoms with Gasteiger partial charge in [0.2, 0.25) is 0 Å². The minimum atomic E-state index is -0.646. The van der Waals surface area contributed by atoms with Gasteiger partial charge in [-0.1, -0.05) is 17.7 Å². The molecule has 6 heteroatoms. The number of hydrogen-bond acceptors (Lipinski definition) is 3. The quantitative estimate of drug-likeness (QED) is 0.517. The molecule has 0 spiro atoms. The highest BCUT2D eigenvalue weighted by Gasteiger charge is 2.23. The highest BCUT2D eigenvalue weighted by molar-refractivity contribution is 6.34. The van der Waals surface area contributed by atoms with Crippen molar-refractivity contribution in [3.63, 3.8) is 0 Å². The molecule has 0 heterocycles. The number of rotatable bonds is 4. The lowest BCUT2D eigenvalue weighted by Crippen LogP contribution is -2.32. The van der Waals surface area contributed by atoms with Gasteiger partial charge < -0.3 is 5.32 Å². The number of carbonyl (C=O) groups excluding carboxylic acids is 1. The Morgan fingerprint density at radius 2 is 2.33 bits per heavy atom. The number of nitro benzene ring substituents is 1. The summed E-state index contributed by atoms with van der Waals surface area (Å²) in [7, 11) is 0. The van der Waals surface area contributed by atoms with Crippen molar-refractivity contribution in [2.24, 2.45) is 0 Å². The van der Waals surface area contributed by atoms with E-state index in [9.17, 15) is 14.9 Å². The number of nitrogens with one attached hydrogen (secondary N) is 1. The summed E-state index contributed by atoms with van der Waals surface area (Å²) >= 11 is 5.82. The Morgan fingerprint density at radius 1 is 1.67 bits per heavy atom. The average molecular weight is 267 g/mol. The molecule has 0 bridgehead atoms. The van der Waals surface area contributed by atoms with Crippen molar-refractivity contribution in [2.45, 2.75) is 19.4 Å². The van der Waals surface area contributed by atoms with E-state index < -0.39 is 10.8 Å². The van der Waals surface area contributed by atoms with E-state index in [1.54, 1.807) is 6.92 Å². The zero-order valence-corrected chi connectivity index (χ0v) is 10.4. The smallest absolute Gasteiger partial charge is 0.283 e. The zero-order valence-electron chi connectivity index (χ0n) is 9.64. The summed E-state index contributed by atoms with van der Waals surface area (Å²) in [4.78, 5) is 22.1. The van der Waals surface area contributed by atoms with Crippen LogP contribution in [0.25, 0.3) is 0 Å². The lowest BCUT2D eigenvalue weighted by molar-refractivity contribution is -0.385. The van der Waals surface area contributed by atoms with Gasteiger partial charge in [0.25, 0.3) is 11.6 Å². The van der Waals surface area contributed by atoms with E-state index in [1.165, 1.54) is 18.2 Å². The Hall–Kier alpha value is -2.06. The number of amides is 1. The monoisotopic (exact) mass is 266 g/mol. The molecule has 1 rings (SSSR count). The Labute approximate surface area is 109 Å². The maximum absolute atomic E-state index is 11.9. The Balaban J connectivity index is 3.06. The summed E-state index contributed by atoms with van der Waals surface area (Å²) in [5.41, 5.74) is -0.471. The normalized spacial score (nSPS) is 11.4. The first-order valence-electron chi connectivity index (χ1n) is 5.14. The van der Waals surface area contributed by atoms with Crippen LogP contribution in [0.3, 0.4) is 0 Å². The van der Waals surface area contributed by atoms with Crippen LogP contribution in [0.2, 0.25) is 5.02 Å². The maximum atomic E-state index is 11.9. The summed E-state index contributed by atoms with van der Waals surface area (Å²) in [6, 6.07) is 3.79. The van der Waals surface area contributed by atoms with E-state index in [0.717, 1.165) is 0 Å². The molecule has 1 N–H and O–H groups in total. The van der Waals surface area contributed by atoms with E-state index in [1.807, 2.05) is 0 Å². The van der Waals surface area contributed by atoms with Crippen LogP contribution in [0.5, 0.6) is 0 Å². The fourth-order valence-corrected chi connectivity index (χ4v) is 1.67. The molecular weight excluding hydrogens is 256 g/mol. The van der Waals surface area contributed by atoms with Gasteiger partial charge in [-0.25, -0.2) is 0 Å². The molecule has 0 saturated carbocycles. The lowest BCUT2D eigenvalue weighted by atomic mass is 10.1. The van der Waals surface area contributed by atoms with Crippen molar-refractivity contribution in [3.8, 4) is 12.3 Å². The van der Waals surface area contributed by atoms with Gasteiger partial charge in [-0.05, 0) is 13.0 Å². The van der Waals surface area contributed by atoms with Gasteiger partial charge in [0.1, 0.15) is 5.56 Å². The van der Waals surface area contributed by atoms with E-state index in [2.05, 4.69) is 11.2 Å². The zero-order chi connectivity index (χ0) is 13.7. The molecule has 1 aromatic carbocycles. The molecule has 1 amide bonds. The summed E-state index contributed by atoms with van der Waals surface area (Å²) in [6.45, 7) is 1.71. The van der Waals surface area contributed by atoms with Gasteiger partial charge in [0.15, 0.2) is 0 Å². The highest BCUT2D eigenvalue weighted by atomic mass is 35.5. The van der Waals surface area contributed by atoms with Crippen molar-refractivity contribution >= 4 is 23.2 Å². The fourth-order valence-electron chi connectivity index (χ4n) is 1.41.